The summed E-state index contributed by atoms with van der Waals surface area (Å²) in [5.74, 6) is -0.379. The van der Waals surface area contributed by atoms with Crippen LogP contribution in [0.2, 0.25) is 0 Å². The Hall–Kier alpha value is -2.32. The standard InChI is InChI=1S/C18H24F3N3O3/c1-16(2,3)27-15(26)23-17(4)7-9-24(10-8-17)14(25)12-5-6-13(22-11-12)18(19,20)21/h5-6,11H,7-10H2,1-4H3,(H,23,26). The zero-order chi connectivity index (χ0) is 20.5. The fourth-order valence-corrected chi connectivity index (χ4v) is 2.75. The Balaban J connectivity index is 1.94. The molecule has 1 fully saturated rings. The summed E-state index contributed by atoms with van der Waals surface area (Å²) < 4.78 is 43.0. The molecule has 0 saturated carbocycles. The number of nitrogens with one attached hydrogen (secondary N) is 1. The topological polar surface area (TPSA) is 71.5 Å². The second kappa shape index (κ2) is 7.36. The van der Waals surface area contributed by atoms with Crippen molar-refractivity contribution in [3.63, 3.8) is 0 Å². The number of alkyl carbamates (subject to hydrolysis) is 1. The largest absolute Gasteiger partial charge is 0.444 e. The number of rotatable bonds is 2. The van der Waals surface area contributed by atoms with Gasteiger partial charge in [0.05, 0.1) is 5.56 Å². The summed E-state index contributed by atoms with van der Waals surface area (Å²) in [6.07, 6.45) is -3.10. The molecule has 0 aliphatic carbocycles. The van der Waals surface area contributed by atoms with Gasteiger partial charge in [-0.05, 0) is 52.7 Å². The first-order chi connectivity index (χ1) is 12.3. The van der Waals surface area contributed by atoms with E-state index in [4.69, 9.17) is 4.74 Å². The highest BCUT2D eigenvalue weighted by atomic mass is 19.4. The number of hydrogen-bond donors (Lipinski definition) is 1. The smallest absolute Gasteiger partial charge is 0.433 e. The summed E-state index contributed by atoms with van der Waals surface area (Å²) in [5.41, 5.74) is -2.05. The molecular weight excluding hydrogens is 363 g/mol. The van der Waals surface area contributed by atoms with Crippen LogP contribution in [0, 0.1) is 0 Å². The molecule has 0 atom stereocenters. The molecule has 1 saturated heterocycles. The number of hydrogen-bond acceptors (Lipinski definition) is 4. The third-order valence-electron chi connectivity index (χ3n) is 4.26. The van der Waals surface area contributed by atoms with Crippen molar-refractivity contribution in [2.75, 3.05) is 13.1 Å². The van der Waals surface area contributed by atoms with Crippen LogP contribution in [0.3, 0.4) is 0 Å². The highest BCUT2D eigenvalue weighted by Crippen LogP contribution is 2.28. The zero-order valence-corrected chi connectivity index (χ0v) is 15.8. The number of nitrogens with zero attached hydrogens (tertiary/aromatic N) is 2. The van der Waals surface area contributed by atoms with Crippen LogP contribution in [-0.4, -0.2) is 46.1 Å². The summed E-state index contributed by atoms with van der Waals surface area (Å²) in [6.45, 7) is 7.92. The van der Waals surface area contributed by atoms with E-state index in [1.807, 2.05) is 6.92 Å². The predicted molar refractivity (Wildman–Crippen MR) is 92.2 cm³/mol. The van der Waals surface area contributed by atoms with Crippen molar-refractivity contribution in [2.45, 2.75) is 57.9 Å². The molecule has 0 bridgehead atoms. The summed E-state index contributed by atoms with van der Waals surface area (Å²) in [7, 11) is 0. The Morgan fingerprint density at radius 2 is 1.78 bits per heavy atom. The molecule has 0 aromatic carbocycles. The normalized spacial score (nSPS) is 17.4. The van der Waals surface area contributed by atoms with Crippen LogP contribution in [0.4, 0.5) is 18.0 Å². The van der Waals surface area contributed by atoms with E-state index in [9.17, 15) is 22.8 Å². The molecule has 1 N–H and O–H groups in total. The molecule has 6 nitrogen and oxygen atoms in total. The lowest BCUT2D eigenvalue weighted by Crippen LogP contribution is -2.55. The van der Waals surface area contributed by atoms with Gasteiger partial charge in [-0.2, -0.15) is 13.2 Å². The van der Waals surface area contributed by atoms with Gasteiger partial charge in [0.15, 0.2) is 0 Å². The molecule has 27 heavy (non-hydrogen) atoms. The minimum Gasteiger partial charge on any atom is -0.444 e. The van der Waals surface area contributed by atoms with Crippen LogP contribution < -0.4 is 5.32 Å². The minimum absolute atomic E-state index is 0.103. The maximum absolute atomic E-state index is 12.6. The Labute approximate surface area is 156 Å². The van der Waals surface area contributed by atoms with Gasteiger partial charge >= 0.3 is 12.3 Å². The second-order valence-corrected chi connectivity index (χ2v) is 7.91. The van der Waals surface area contributed by atoms with Gasteiger partial charge in [-0.3, -0.25) is 9.78 Å². The summed E-state index contributed by atoms with van der Waals surface area (Å²) in [5, 5.41) is 2.84. The van der Waals surface area contributed by atoms with Crippen LogP contribution in [-0.2, 0) is 10.9 Å². The number of amides is 2. The number of piperidine rings is 1. The summed E-state index contributed by atoms with van der Waals surface area (Å²) in [6, 6.07) is 1.93. The first-order valence-electron chi connectivity index (χ1n) is 8.63. The van der Waals surface area contributed by atoms with E-state index in [0.29, 0.717) is 25.9 Å². The van der Waals surface area contributed by atoms with Crippen molar-refractivity contribution in [2.24, 2.45) is 0 Å². The quantitative estimate of drug-likeness (QED) is 0.841. The second-order valence-electron chi connectivity index (χ2n) is 7.91. The average Bonchev–Trinajstić information content (AvgIpc) is 2.52. The minimum atomic E-state index is -4.54. The number of carbonyl (C=O) groups excluding carboxylic acids is 2. The van der Waals surface area contributed by atoms with E-state index >= 15 is 0 Å². The SMILES string of the molecule is CC1(NC(=O)OC(C)(C)C)CCN(C(=O)c2ccc(C(F)(F)F)nc2)CC1. The maximum Gasteiger partial charge on any atom is 0.433 e. The molecular formula is C18H24F3N3O3. The van der Waals surface area contributed by atoms with Crippen LogP contribution in [0.5, 0.6) is 0 Å². The van der Waals surface area contributed by atoms with E-state index in [1.165, 1.54) is 0 Å². The lowest BCUT2D eigenvalue weighted by Gasteiger charge is -2.40. The molecule has 0 spiro atoms. The lowest BCUT2D eigenvalue weighted by atomic mass is 9.89. The van der Waals surface area contributed by atoms with Crippen LogP contribution in [0.15, 0.2) is 18.3 Å². The van der Waals surface area contributed by atoms with E-state index in [1.54, 1.807) is 25.7 Å². The number of aromatic nitrogens is 1. The molecule has 1 aromatic heterocycles. The molecule has 1 aromatic rings. The summed E-state index contributed by atoms with van der Waals surface area (Å²) in [4.78, 5) is 29.3. The number of alkyl halides is 3. The van der Waals surface area contributed by atoms with Gasteiger partial charge in [0, 0.05) is 24.8 Å². The fraction of sp³-hybridized carbons (Fsp3) is 0.611. The molecule has 1 aliphatic heterocycles. The highest BCUT2D eigenvalue weighted by molar-refractivity contribution is 5.94. The molecule has 0 radical (unpaired) electrons. The van der Waals surface area contributed by atoms with Crippen LogP contribution >= 0.6 is 0 Å². The molecule has 150 valence electrons. The van der Waals surface area contributed by atoms with Gasteiger partial charge in [0.25, 0.3) is 5.91 Å². The number of halogens is 3. The fourth-order valence-electron chi connectivity index (χ4n) is 2.75. The maximum atomic E-state index is 12.6. The van der Waals surface area contributed by atoms with Gasteiger partial charge in [0.2, 0.25) is 0 Å². The highest BCUT2D eigenvalue weighted by Gasteiger charge is 2.35. The van der Waals surface area contributed by atoms with Crippen LogP contribution in [0.1, 0.15) is 56.6 Å². The Kier molecular flexibility index (Phi) is 5.72. The van der Waals surface area contributed by atoms with Crippen molar-refractivity contribution in [1.82, 2.24) is 15.2 Å². The van der Waals surface area contributed by atoms with Crippen molar-refractivity contribution in [1.29, 1.82) is 0 Å². The first-order valence-corrected chi connectivity index (χ1v) is 8.63. The number of pyridine rings is 1. The number of likely N-dealkylation sites (tertiary alicyclic amines) is 1. The molecule has 2 heterocycles. The van der Waals surface area contributed by atoms with E-state index in [0.717, 1.165) is 18.3 Å². The monoisotopic (exact) mass is 387 g/mol. The Morgan fingerprint density at radius 3 is 2.22 bits per heavy atom. The molecule has 0 unspecified atom stereocenters. The van der Waals surface area contributed by atoms with Crippen molar-refractivity contribution >= 4 is 12.0 Å². The third-order valence-corrected chi connectivity index (χ3v) is 4.26. The van der Waals surface area contributed by atoms with Crippen molar-refractivity contribution < 1.29 is 27.5 Å². The summed E-state index contributed by atoms with van der Waals surface area (Å²) >= 11 is 0. The van der Waals surface area contributed by atoms with E-state index in [-0.39, 0.29) is 11.5 Å². The third kappa shape index (κ3) is 5.83. The van der Waals surface area contributed by atoms with Gasteiger partial charge in [-0.1, -0.05) is 0 Å². The Bertz CT molecular complexity index is 689. The van der Waals surface area contributed by atoms with Crippen molar-refractivity contribution in [3.05, 3.63) is 29.6 Å². The van der Waals surface area contributed by atoms with Gasteiger partial charge in [0.1, 0.15) is 11.3 Å². The average molecular weight is 387 g/mol. The molecule has 2 rings (SSSR count). The number of ether oxygens (including phenoxy) is 1. The zero-order valence-electron chi connectivity index (χ0n) is 15.8. The molecule has 2 amide bonds. The molecule has 1 aliphatic rings. The number of carbonyl (C=O) groups is 2. The first kappa shape index (κ1) is 21.0. The predicted octanol–water partition coefficient (Wildman–Crippen LogP) is 3.62. The van der Waals surface area contributed by atoms with E-state index in [2.05, 4.69) is 10.3 Å². The van der Waals surface area contributed by atoms with E-state index < -0.39 is 29.1 Å². The van der Waals surface area contributed by atoms with Gasteiger partial charge in [-0.15, -0.1) is 0 Å². The molecule has 9 heteroatoms. The van der Waals surface area contributed by atoms with Crippen LogP contribution in [0.25, 0.3) is 0 Å². The van der Waals surface area contributed by atoms with Gasteiger partial charge < -0.3 is 15.0 Å². The Morgan fingerprint density at radius 1 is 1.19 bits per heavy atom. The lowest BCUT2D eigenvalue weighted by molar-refractivity contribution is -0.141. The van der Waals surface area contributed by atoms with Crippen molar-refractivity contribution in [3.8, 4) is 0 Å². The van der Waals surface area contributed by atoms with Gasteiger partial charge in [-0.25, -0.2) is 4.79 Å².